The summed E-state index contributed by atoms with van der Waals surface area (Å²) in [7, 11) is 0. The number of rotatable bonds is 2. The van der Waals surface area contributed by atoms with Gasteiger partial charge in [-0.05, 0) is 38.6 Å². The maximum atomic E-state index is 12.1. The largest absolute Gasteiger partial charge is 0.339 e. The smallest absolute Gasteiger partial charge is 0.228 e. The normalized spacial score (nSPS) is 34.6. The second kappa shape index (κ2) is 3.23. The fourth-order valence-corrected chi connectivity index (χ4v) is 2.35. The SMILES string of the molecule is CC1C(CN)CCN1C(=O)C1(C)CC1. The molecule has 1 aliphatic carbocycles. The molecule has 0 aromatic rings. The first kappa shape index (κ1) is 9.97. The first-order valence-corrected chi connectivity index (χ1v) is 5.59. The highest BCUT2D eigenvalue weighted by atomic mass is 16.2. The maximum Gasteiger partial charge on any atom is 0.228 e. The van der Waals surface area contributed by atoms with Crippen molar-refractivity contribution in [3.8, 4) is 0 Å². The van der Waals surface area contributed by atoms with E-state index in [0.29, 0.717) is 24.4 Å². The fraction of sp³-hybridized carbons (Fsp3) is 0.909. The van der Waals surface area contributed by atoms with Gasteiger partial charge in [-0.3, -0.25) is 4.79 Å². The molecule has 0 radical (unpaired) electrons. The average molecular weight is 196 g/mol. The molecule has 2 aliphatic rings. The molecule has 80 valence electrons. The van der Waals surface area contributed by atoms with Crippen molar-refractivity contribution in [3.05, 3.63) is 0 Å². The molecule has 3 heteroatoms. The molecular weight excluding hydrogens is 176 g/mol. The summed E-state index contributed by atoms with van der Waals surface area (Å²) in [5, 5.41) is 0. The summed E-state index contributed by atoms with van der Waals surface area (Å²) in [4.78, 5) is 14.1. The number of likely N-dealkylation sites (tertiary alicyclic amines) is 1. The molecule has 14 heavy (non-hydrogen) atoms. The van der Waals surface area contributed by atoms with Crippen molar-refractivity contribution in [1.82, 2.24) is 4.90 Å². The van der Waals surface area contributed by atoms with Crippen LogP contribution in [0.1, 0.15) is 33.1 Å². The number of hydrogen-bond acceptors (Lipinski definition) is 2. The van der Waals surface area contributed by atoms with E-state index in [1.54, 1.807) is 0 Å². The molecule has 0 aromatic heterocycles. The Hall–Kier alpha value is -0.570. The molecule has 2 rings (SSSR count). The second-order valence-corrected chi connectivity index (χ2v) is 5.08. The van der Waals surface area contributed by atoms with E-state index >= 15 is 0 Å². The lowest BCUT2D eigenvalue weighted by Crippen LogP contribution is -2.41. The van der Waals surface area contributed by atoms with Gasteiger partial charge in [0, 0.05) is 18.0 Å². The highest BCUT2D eigenvalue weighted by Gasteiger charge is 2.49. The van der Waals surface area contributed by atoms with Gasteiger partial charge in [-0.1, -0.05) is 6.92 Å². The lowest BCUT2D eigenvalue weighted by molar-refractivity contribution is -0.137. The van der Waals surface area contributed by atoms with Crippen LogP contribution in [0.4, 0.5) is 0 Å². The molecule has 1 heterocycles. The Morgan fingerprint density at radius 3 is 2.64 bits per heavy atom. The highest BCUT2D eigenvalue weighted by molar-refractivity contribution is 5.85. The van der Waals surface area contributed by atoms with Gasteiger partial charge in [0.15, 0.2) is 0 Å². The van der Waals surface area contributed by atoms with Crippen LogP contribution in [-0.2, 0) is 4.79 Å². The molecule has 0 bridgehead atoms. The molecule has 2 N–H and O–H groups in total. The van der Waals surface area contributed by atoms with E-state index in [1.165, 1.54) is 0 Å². The first-order valence-electron chi connectivity index (χ1n) is 5.59. The van der Waals surface area contributed by atoms with Crippen LogP contribution in [-0.4, -0.2) is 29.9 Å². The van der Waals surface area contributed by atoms with Gasteiger partial charge in [0.25, 0.3) is 0 Å². The third kappa shape index (κ3) is 1.44. The van der Waals surface area contributed by atoms with Gasteiger partial charge < -0.3 is 10.6 Å². The van der Waals surface area contributed by atoms with Crippen LogP contribution < -0.4 is 5.73 Å². The molecule has 1 saturated carbocycles. The topological polar surface area (TPSA) is 46.3 Å². The molecule has 1 amide bonds. The van der Waals surface area contributed by atoms with Crippen molar-refractivity contribution in [3.63, 3.8) is 0 Å². The first-order chi connectivity index (χ1) is 6.58. The number of nitrogens with two attached hydrogens (primary N) is 1. The number of carbonyl (C=O) groups is 1. The van der Waals surface area contributed by atoms with Crippen LogP contribution >= 0.6 is 0 Å². The standard InChI is InChI=1S/C11H20N2O/c1-8-9(7-12)3-6-13(8)10(14)11(2)4-5-11/h8-9H,3-7,12H2,1-2H3. The van der Waals surface area contributed by atoms with Crippen LogP contribution in [0.5, 0.6) is 0 Å². The molecule has 0 spiro atoms. The molecule has 1 aliphatic heterocycles. The molecule has 1 saturated heterocycles. The summed E-state index contributed by atoms with van der Waals surface area (Å²) in [5.74, 6) is 0.877. The van der Waals surface area contributed by atoms with Gasteiger partial charge in [-0.15, -0.1) is 0 Å². The Kier molecular flexibility index (Phi) is 2.30. The molecule has 2 unspecified atom stereocenters. The quantitative estimate of drug-likeness (QED) is 0.715. The van der Waals surface area contributed by atoms with Crippen LogP contribution in [0.3, 0.4) is 0 Å². The Morgan fingerprint density at radius 1 is 1.57 bits per heavy atom. The van der Waals surface area contributed by atoms with Crippen LogP contribution in [0.25, 0.3) is 0 Å². The van der Waals surface area contributed by atoms with Gasteiger partial charge >= 0.3 is 0 Å². The van der Waals surface area contributed by atoms with Crippen LogP contribution in [0.15, 0.2) is 0 Å². The minimum absolute atomic E-state index is 0.0161. The van der Waals surface area contributed by atoms with Crippen LogP contribution in [0.2, 0.25) is 0 Å². The molecular formula is C11H20N2O. The molecule has 3 nitrogen and oxygen atoms in total. The summed E-state index contributed by atoms with van der Waals surface area (Å²) >= 11 is 0. The van der Waals surface area contributed by atoms with Crippen molar-refractivity contribution in [2.75, 3.05) is 13.1 Å². The minimum Gasteiger partial charge on any atom is -0.339 e. The predicted molar refractivity (Wildman–Crippen MR) is 55.7 cm³/mol. The monoisotopic (exact) mass is 196 g/mol. The summed E-state index contributed by atoms with van der Waals surface area (Å²) in [5.41, 5.74) is 5.66. The van der Waals surface area contributed by atoms with E-state index in [9.17, 15) is 4.79 Å². The van der Waals surface area contributed by atoms with Crippen LogP contribution in [0, 0.1) is 11.3 Å². The highest BCUT2D eigenvalue weighted by Crippen LogP contribution is 2.47. The third-order valence-corrected chi connectivity index (χ3v) is 3.99. The molecule has 2 fully saturated rings. The summed E-state index contributed by atoms with van der Waals surface area (Å²) < 4.78 is 0. The fourth-order valence-electron chi connectivity index (χ4n) is 2.35. The van der Waals surface area contributed by atoms with Crippen molar-refractivity contribution >= 4 is 5.91 Å². The zero-order valence-corrected chi connectivity index (χ0v) is 9.12. The van der Waals surface area contributed by atoms with E-state index in [1.807, 2.05) is 4.90 Å². The van der Waals surface area contributed by atoms with Gasteiger partial charge in [0.1, 0.15) is 0 Å². The van der Waals surface area contributed by atoms with Crippen molar-refractivity contribution in [2.24, 2.45) is 17.1 Å². The Morgan fingerprint density at radius 2 is 2.21 bits per heavy atom. The van der Waals surface area contributed by atoms with Gasteiger partial charge in [0.05, 0.1) is 0 Å². The zero-order valence-electron chi connectivity index (χ0n) is 9.12. The van der Waals surface area contributed by atoms with E-state index in [-0.39, 0.29) is 5.41 Å². The summed E-state index contributed by atoms with van der Waals surface area (Å²) in [6.07, 6.45) is 3.23. The number of nitrogens with zero attached hydrogens (tertiary/aromatic N) is 1. The lowest BCUT2D eigenvalue weighted by atomic mass is 10.0. The molecule has 0 aromatic carbocycles. The van der Waals surface area contributed by atoms with Crippen molar-refractivity contribution < 1.29 is 4.79 Å². The van der Waals surface area contributed by atoms with E-state index < -0.39 is 0 Å². The van der Waals surface area contributed by atoms with Gasteiger partial charge in [-0.25, -0.2) is 0 Å². The number of hydrogen-bond donors (Lipinski definition) is 1. The van der Waals surface area contributed by atoms with Crippen molar-refractivity contribution in [2.45, 2.75) is 39.2 Å². The summed E-state index contributed by atoms with van der Waals surface area (Å²) in [6.45, 7) is 5.84. The Bertz CT molecular complexity index is 248. The van der Waals surface area contributed by atoms with Crippen molar-refractivity contribution in [1.29, 1.82) is 0 Å². The Labute approximate surface area is 85.6 Å². The lowest BCUT2D eigenvalue weighted by Gasteiger charge is -2.27. The van der Waals surface area contributed by atoms with Gasteiger partial charge in [0.2, 0.25) is 5.91 Å². The number of amides is 1. The average Bonchev–Trinajstić information content (AvgIpc) is 2.80. The summed E-state index contributed by atoms with van der Waals surface area (Å²) in [6, 6.07) is 0.352. The predicted octanol–water partition coefficient (Wildman–Crippen LogP) is 0.982. The van der Waals surface area contributed by atoms with Gasteiger partial charge in [-0.2, -0.15) is 0 Å². The number of carbonyl (C=O) groups excluding carboxylic acids is 1. The maximum absolute atomic E-state index is 12.1. The zero-order chi connectivity index (χ0) is 10.3. The third-order valence-electron chi connectivity index (χ3n) is 3.99. The minimum atomic E-state index is -0.0161. The van der Waals surface area contributed by atoms with E-state index in [2.05, 4.69) is 13.8 Å². The molecule has 2 atom stereocenters. The van der Waals surface area contributed by atoms with E-state index in [4.69, 9.17) is 5.73 Å². The van der Waals surface area contributed by atoms with E-state index in [0.717, 1.165) is 25.8 Å². The Balaban J connectivity index is 2.02. The second-order valence-electron chi connectivity index (χ2n) is 5.08.